The van der Waals surface area contributed by atoms with Gasteiger partial charge in [0.05, 0.1) is 24.4 Å². The molecule has 0 bridgehead atoms. The third kappa shape index (κ3) is 4.42. The van der Waals surface area contributed by atoms with Gasteiger partial charge in [-0.1, -0.05) is 79.9 Å². The molecule has 146 valence electrons. The smallest absolute Gasteiger partial charge is 0.118 e. The Morgan fingerprint density at radius 3 is 2.14 bits per heavy atom. The lowest BCUT2D eigenvalue weighted by Gasteiger charge is -2.09. The van der Waals surface area contributed by atoms with Crippen molar-refractivity contribution in [3.63, 3.8) is 0 Å². The highest BCUT2D eigenvalue weighted by Crippen LogP contribution is 2.38. The fraction of sp³-hybridized carbons (Fsp3) is 0.0870. The summed E-state index contributed by atoms with van der Waals surface area (Å²) in [4.78, 5) is 0. The third-order valence-corrected chi connectivity index (χ3v) is 5.93. The average Bonchev–Trinajstić information content (AvgIpc) is 3.04. The summed E-state index contributed by atoms with van der Waals surface area (Å²) >= 11 is 14.0. The molecule has 3 nitrogen and oxygen atoms in total. The molecule has 29 heavy (non-hydrogen) atoms. The van der Waals surface area contributed by atoms with Crippen molar-refractivity contribution < 1.29 is 4.74 Å². The van der Waals surface area contributed by atoms with E-state index < -0.39 is 0 Å². The van der Waals surface area contributed by atoms with Gasteiger partial charge in [-0.2, -0.15) is 5.10 Å². The summed E-state index contributed by atoms with van der Waals surface area (Å²) in [5, 5.41) is 5.52. The van der Waals surface area contributed by atoms with Crippen LogP contribution in [0.2, 0.25) is 5.02 Å². The maximum atomic E-state index is 6.88. The first-order valence-corrected chi connectivity index (χ1v) is 10.9. The topological polar surface area (TPSA) is 27.1 Å². The van der Waals surface area contributed by atoms with Crippen LogP contribution in [0.1, 0.15) is 5.56 Å². The third-order valence-electron chi connectivity index (χ3n) is 4.58. The molecule has 0 amide bonds. The molecule has 0 radical (unpaired) electrons. The van der Waals surface area contributed by atoms with Gasteiger partial charge < -0.3 is 4.74 Å². The molecule has 4 rings (SSSR count). The number of methoxy groups -OCH3 is 1. The summed E-state index contributed by atoms with van der Waals surface area (Å²) in [5.74, 6) is 0.828. The van der Waals surface area contributed by atoms with E-state index in [0.29, 0.717) is 11.6 Å². The van der Waals surface area contributed by atoms with Crippen LogP contribution in [0.4, 0.5) is 0 Å². The van der Waals surface area contributed by atoms with Crippen molar-refractivity contribution in [2.45, 2.75) is 6.54 Å². The molecule has 0 atom stereocenters. The summed E-state index contributed by atoms with van der Waals surface area (Å²) in [6.07, 6.45) is 0. The molecule has 0 saturated carbocycles. The van der Waals surface area contributed by atoms with Crippen LogP contribution >= 0.6 is 43.5 Å². The maximum Gasteiger partial charge on any atom is 0.118 e. The quantitative estimate of drug-likeness (QED) is 0.267. The fourth-order valence-corrected chi connectivity index (χ4v) is 4.34. The molecular weight excluding hydrogens is 516 g/mol. The first kappa shape index (κ1) is 20.2. The Morgan fingerprint density at radius 1 is 0.897 bits per heavy atom. The van der Waals surface area contributed by atoms with Crippen molar-refractivity contribution >= 4 is 43.5 Å². The summed E-state index contributed by atoms with van der Waals surface area (Å²) in [6.45, 7) is 0.597. The number of ether oxygens (including phenoxy) is 1. The summed E-state index contributed by atoms with van der Waals surface area (Å²) in [5.41, 5.74) is 4.73. The lowest BCUT2D eigenvalue weighted by atomic mass is 10.1. The molecule has 0 unspecified atom stereocenters. The van der Waals surface area contributed by atoms with E-state index in [0.717, 1.165) is 42.8 Å². The number of hydrogen-bond donors (Lipinski definition) is 0. The van der Waals surface area contributed by atoms with Crippen molar-refractivity contribution in [3.8, 4) is 28.3 Å². The Labute approximate surface area is 191 Å². The number of hydrogen-bond acceptors (Lipinski definition) is 2. The molecule has 4 aromatic rings. The van der Waals surface area contributed by atoms with Crippen LogP contribution in [0, 0.1) is 0 Å². The van der Waals surface area contributed by atoms with Gasteiger partial charge in [-0.15, -0.1) is 0 Å². The monoisotopic (exact) mass is 530 g/mol. The van der Waals surface area contributed by atoms with Crippen LogP contribution in [0.25, 0.3) is 22.5 Å². The second-order valence-corrected chi connectivity index (χ2v) is 8.75. The highest BCUT2D eigenvalue weighted by Gasteiger charge is 2.20. The number of aromatic nitrogens is 2. The Balaban J connectivity index is 1.84. The molecule has 1 heterocycles. The van der Waals surface area contributed by atoms with Crippen LogP contribution in [-0.4, -0.2) is 16.9 Å². The average molecular weight is 533 g/mol. The molecule has 6 heteroatoms. The van der Waals surface area contributed by atoms with Gasteiger partial charge in [0.2, 0.25) is 0 Å². The first-order valence-electron chi connectivity index (χ1n) is 8.96. The molecule has 3 aromatic carbocycles. The van der Waals surface area contributed by atoms with E-state index in [1.54, 1.807) is 7.11 Å². The summed E-state index contributed by atoms with van der Waals surface area (Å²) in [6, 6.07) is 24.1. The van der Waals surface area contributed by atoms with E-state index in [2.05, 4.69) is 37.9 Å². The Hall–Kier alpha value is -2.08. The minimum absolute atomic E-state index is 0.597. The van der Waals surface area contributed by atoms with Crippen molar-refractivity contribution in [1.82, 2.24) is 9.78 Å². The van der Waals surface area contributed by atoms with Gasteiger partial charge in [0.1, 0.15) is 11.4 Å². The van der Waals surface area contributed by atoms with Crippen molar-refractivity contribution in [2.75, 3.05) is 7.11 Å². The second kappa shape index (κ2) is 8.74. The maximum absolute atomic E-state index is 6.88. The van der Waals surface area contributed by atoms with Crippen LogP contribution < -0.4 is 4.74 Å². The number of nitrogens with zero attached hydrogens (tertiary/aromatic N) is 2. The van der Waals surface area contributed by atoms with Gasteiger partial charge >= 0.3 is 0 Å². The van der Waals surface area contributed by atoms with E-state index in [-0.39, 0.29) is 0 Å². The number of halogens is 3. The number of rotatable bonds is 5. The minimum atomic E-state index is 0.597. The zero-order valence-electron chi connectivity index (χ0n) is 15.6. The van der Waals surface area contributed by atoms with Crippen LogP contribution in [0.15, 0.2) is 81.7 Å². The standard InChI is InChI=1S/C23H17Br2ClN2O/c1-29-20-10-8-15(9-11-20)14-28-23(17-5-3-7-19(25)13-17)21(26)22(27-28)16-4-2-6-18(24)12-16/h2-13H,14H2,1H3. The molecule has 0 aliphatic rings. The normalized spacial score (nSPS) is 10.9. The summed E-state index contributed by atoms with van der Waals surface area (Å²) < 4.78 is 9.20. The number of benzene rings is 3. The Kier molecular flexibility index (Phi) is 6.09. The molecule has 0 saturated heterocycles. The highest BCUT2D eigenvalue weighted by atomic mass is 79.9. The van der Waals surface area contributed by atoms with Gasteiger partial charge in [-0.3, -0.25) is 4.68 Å². The van der Waals surface area contributed by atoms with Crippen molar-refractivity contribution in [2.24, 2.45) is 0 Å². The Bertz CT molecular complexity index is 1160. The predicted octanol–water partition coefficient (Wildman–Crippen LogP) is 7.45. The van der Waals surface area contributed by atoms with Gasteiger partial charge in [0, 0.05) is 20.1 Å². The van der Waals surface area contributed by atoms with E-state index in [9.17, 15) is 0 Å². The van der Waals surface area contributed by atoms with Crippen LogP contribution in [0.3, 0.4) is 0 Å². The van der Waals surface area contributed by atoms with E-state index >= 15 is 0 Å². The molecule has 1 aromatic heterocycles. The van der Waals surface area contributed by atoms with Crippen molar-refractivity contribution in [3.05, 3.63) is 92.3 Å². The fourth-order valence-electron chi connectivity index (χ4n) is 3.19. The largest absolute Gasteiger partial charge is 0.497 e. The molecular formula is C23H17Br2ClN2O. The zero-order valence-corrected chi connectivity index (χ0v) is 19.5. The van der Waals surface area contributed by atoms with Crippen LogP contribution in [-0.2, 0) is 6.54 Å². The van der Waals surface area contributed by atoms with E-state index in [4.69, 9.17) is 21.4 Å². The van der Waals surface area contributed by atoms with Gasteiger partial charge in [0.25, 0.3) is 0 Å². The van der Waals surface area contributed by atoms with Gasteiger partial charge in [-0.25, -0.2) is 0 Å². The predicted molar refractivity (Wildman–Crippen MR) is 126 cm³/mol. The zero-order chi connectivity index (χ0) is 20.4. The molecule has 0 aliphatic heterocycles. The lowest BCUT2D eigenvalue weighted by Crippen LogP contribution is -2.04. The van der Waals surface area contributed by atoms with E-state index in [1.807, 2.05) is 71.4 Å². The second-order valence-electron chi connectivity index (χ2n) is 6.54. The molecule has 0 spiro atoms. The highest BCUT2D eigenvalue weighted by molar-refractivity contribution is 9.10. The van der Waals surface area contributed by atoms with Crippen molar-refractivity contribution in [1.29, 1.82) is 0 Å². The molecule has 0 N–H and O–H groups in total. The van der Waals surface area contributed by atoms with Gasteiger partial charge in [0.15, 0.2) is 0 Å². The molecule has 0 fully saturated rings. The van der Waals surface area contributed by atoms with E-state index in [1.165, 1.54) is 0 Å². The molecule has 0 aliphatic carbocycles. The van der Waals surface area contributed by atoms with Crippen LogP contribution in [0.5, 0.6) is 5.75 Å². The lowest BCUT2D eigenvalue weighted by molar-refractivity contribution is 0.414. The van der Waals surface area contributed by atoms with Gasteiger partial charge in [-0.05, 0) is 42.0 Å². The SMILES string of the molecule is COc1ccc(Cn2nc(-c3cccc(Br)c3)c(Cl)c2-c2cccc(Br)c2)cc1. The Morgan fingerprint density at radius 2 is 1.52 bits per heavy atom. The first-order chi connectivity index (χ1) is 14.0. The minimum Gasteiger partial charge on any atom is -0.497 e. The summed E-state index contributed by atoms with van der Waals surface area (Å²) in [7, 11) is 1.66.